The number of carbonyl (C=O) groups is 1. The van der Waals surface area contributed by atoms with Crippen LogP contribution >= 0.6 is 0 Å². The topological polar surface area (TPSA) is 38.8 Å². The highest BCUT2D eigenvalue weighted by molar-refractivity contribution is 5.82. The highest BCUT2D eigenvalue weighted by Gasteiger charge is 2.51. The number of hydrogen-bond donors (Lipinski definition) is 0. The summed E-state index contributed by atoms with van der Waals surface area (Å²) in [4.78, 5) is 14.8. The highest BCUT2D eigenvalue weighted by atomic mass is 16.5. The van der Waals surface area contributed by atoms with Gasteiger partial charge in [0, 0.05) is 19.5 Å². The van der Waals surface area contributed by atoms with Crippen LogP contribution in [-0.4, -0.2) is 37.2 Å². The minimum absolute atomic E-state index is 0.147. The van der Waals surface area contributed by atoms with Crippen molar-refractivity contribution >= 4 is 5.97 Å². The first kappa shape index (κ1) is 16.5. The van der Waals surface area contributed by atoms with Crippen molar-refractivity contribution < 1.29 is 14.3 Å². The number of hydrogen-bond acceptors (Lipinski definition) is 4. The Bertz CT molecular complexity index is 684. The molecule has 0 radical (unpaired) electrons. The molecule has 0 amide bonds. The predicted molar refractivity (Wildman–Crippen MR) is 92.9 cm³/mol. The van der Waals surface area contributed by atoms with E-state index in [1.54, 1.807) is 7.11 Å². The third-order valence-electron chi connectivity index (χ3n) is 4.84. The van der Waals surface area contributed by atoms with E-state index in [-0.39, 0.29) is 5.97 Å². The van der Waals surface area contributed by atoms with E-state index in [2.05, 4.69) is 17.0 Å². The average molecular weight is 325 g/mol. The second-order valence-electron chi connectivity index (χ2n) is 6.21. The molecular weight excluding hydrogens is 302 g/mol. The molecule has 4 nitrogen and oxygen atoms in total. The number of rotatable bonds is 6. The van der Waals surface area contributed by atoms with Gasteiger partial charge in [-0.15, -0.1) is 0 Å². The Morgan fingerprint density at radius 2 is 1.75 bits per heavy atom. The zero-order valence-electron chi connectivity index (χ0n) is 14.2. The summed E-state index contributed by atoms with van der Waals surface area (Å²) in [6, 6.07) is 18.1. The van der Waals surface area contributed by atoms with Crippen LogP contribution in [0.25, 0.3) is 0 Å². The first-order chi connectivity index (χ1) is 11.7. The highest BCUT2D eigenvalue weighted by Crippen LogP contribution is 2.37. The summed E-state index contributed by atoms with van der Waals surface area (Å²) in [6.45, 7) is 1.62. The van der Waals surface area contributed by atoms with E-state index in [4.69, 9.17) is 9.47 Å². The van der Waals surface area contributed by atoms with E-state index in [1.165, 1.54) is 7.11 Å². The monoisotopic (exact) mass is 325 g/mol. The van der Waals surface area contributed by atoms with Gasteiger partial charge in [0.25, 0.3) is 0 Å². The standard InChI is InChI=1S/C20H23NO3/c1-23-18-10-8-17(9-11-18)15-21-13-12-20(21,19(22)24-2)14-16-6-4-3-5-7-16/h3-11H,12-15H2,1-2H3/t20-/m1/s1. The molecule has 24 heavy (non-hydrogen) atoms. The predicted octanol–water partition coefficient (Wildman–Crippen LogP) is 3.06. The lowest BCUT2D eigenvalue weighted by molar-refractivity contribution is -0.166. The molecular formula is C20H23NO3. The lowest BCUT2D eigenvalue weighted by Crippen LogP contribution is -2.65. The van der Waals surface area contributed by atoms with E-state index in [0.717, 1.165) is 36.4 Å². The smallest absolute Gasteiger partial charge is 0.326 e. The Kier molecular flexibility index (Phi) is 4.86. The van der Waals surface area contributed by atoms with Crippen LogP contribution in [0.4, 0.5) is 0 Å². The molecule has 3 rings (SSSR count). The SMILES string of the molecule is COC(=O)[C@]1(Cc2ccccc2)CCN1Cc1ccc(OC)cc1. The maximum atomic E-state index is 12.5. The van der Waals surface area contributed by atoms with Crippen LogP contribution in [0.2, 0.25) is 0 Å². The summed E-state index contributed by atoms with van der Waals surface area (Å²) in [6.07, 6.45) is 1.50. The van der Waals surface area contributed by atoms with Gasteiger partial charge in [0.1, 0.15) is 11.3 Å². The number of carbonyl (C=O) groups excluding carboxylic acids is 1. The van der Waals surface area contributed by atoms with Crippen LogP contribution in [0.5, 0.6) is 5.75 Å². The molecule has 0 saturated carbocycles. The van der Waals surface area contributed by atoms with Crippen molar-refractivity contribution in [3.05, 3.63) is 65.7 Å². The van der Waals surface area contributed by atoms with Crippen molar-refractivity contribution in [3.8, 4) is 5.75 Å². The van der Waals surface area contributed by atoms with Gasteiger partial charge in [-0.3, -0.25) is 9.69 Å². The summed E-state index contributed by atoms with van der Waals surface area (Å²) < 4.78 is 10.3. The minimum Gasteiger partial charge on any atom is -0.497 e. The zero-order chi connectivity index (χ0) is 17.0. The lowest BCUT2D eigenvalue weighted by Gasteiger charge is -2.50. The normalized spacial score (nSPS) is 20.2. The molecule has 0 aliphatic carbocycles. The molecule has 0 unspecified atom stereocenters. The fourth-order valence-electron chi connectivity index (χ4n) is 3.35. The van der Waals surface area contributed by atoms with Gasteiger partial charge in [-0.05, 0) is 29.7 Å². The van der Waals surface area contributed by atoms with Crippen LogP contribution in [0.15, 0.2) is 54.6 Å². The van der Waals surface area contributed by atoms with Gasteiger partial charge >= 0.3 is 5.97 Å². The summed E-state index contributed by atoms with van der Waals surface area (Å²) in [7, 11) is 3.13. The molecule has 1 aliphatic rings. The number of methoxy groups -OCH3 is 2. The average Bonchev–Trinajstić information content (AvgIpc) is 2.64. The summed E-state index contributed by atoms with van der Waals surface area (Å²) in [5.74, 6) is 0.692. The largest absolute Gasteiger partial charge is 0.497 e. The second-order valence-corrected chi connectivity index (χ2v) is 6.21. The Hall–Kier alpha value is -2.33. The van der Waals surface area contributed by atoms with Crippen LogP contribution in [0.1, 0.15) is 17.5 Å². The molecule has 0 N–H and O–H groups in total. The Morgan fingerprint density at radius 3 is 2.29 bits per heavy atom. The zero-order valence-corrected chi connectivity index (χ0v) is 14.2. The van der Waals surface area contributed by atoms with E-state index >= 15 is 0 Å². The van der Waals surface area contributed by atoms with Gasteiger partial charge in [0.05, 0.1) is 14.2 Å². The van der Waals surface area contributed by atoms with E-state index in [1.807, 2.05) is 42.5 Å². The summed E-state index contributed by atoms with van der Waals surface area (Å²) in [5, 5.41) is 0. The van der Waals surface area contributed by atoms with E-state index < -0.39 is 5.54 Å². The molecule has 0 spiro atoms. The molecule has 1 saturated heterocycles. The molecule has 4 heteroatoms. The minimum atomic E-state index is -0.559. The maximum absolute atomic E-state index is 12.5. The van der Waals surface area contributed by atoms with Gasteiger partial charge in [-0.1, -0.05) is 42.5 Å². The van der Waals surface area contributed by atoms with Crippen molar-refractivity contribution in [2.24, 2.45) is 0 Å². The van der Waals surface area contributed by atoms with E-state index in [9.17, 15) is 4.79 Å². The van der Waals surface area contributed by atoms with Crippen molar-refractivity contribution in [2.75, 3.05) is 20.8 Å². The third-order valence-corrected chi connectivity index (χ3v) is 4.84. The summed E-state index contributed by atoms with van der Waals surface area (Å²) in [5.41, 5.74) is 1.76. The van der Waals surface area contributed by atoms with Crippen molar-refractivity contribution in [1.29, 1.82) is 0 Å². The fourth-order valence-corrected chi connectivity index (χ4v) is 3.35. The molecule has 0 aromatic heterocycles. The summed E-state index contributed by atoms with van der Waals surface area (Å²) >= 11 is 0. The number of benzene rings is 2. The van der Waals surface area contributed by atoms with Gasteiger partial charge in [-0.2, -0.15) is 0 Å². The maximum Gasteiger partial charge on any atom is 0.326 e. The quantitative estimate of drug-likeness (QED) is 0.765. The molecule has 2 aromatic rings. The number of nitrogens with zero attached hydrogens (tertiary/aromatic N) is 1. The molecule has 0 bridgehead atoms. The Morgan fingerprint density at radius 1 is 1.04 bits per heavy atom. The van der Waals surface area contributed by atoms with Crippen LogP contribution in [0.3, 0.4) is 0 Å². The van der Waals surface area contributed by atoms with Gasteiger partial charge in [0.2, 0.25) is 0 Å². The molecule has 2 aromatic carbocycles. The molecule has 1 atom stereocenters. The molecule has 1 aliphatic heterocycles. The third kappa shape index (κ3) is 3.15. The lowest BCUT2D eigenvalue weighted by atomic mass is 9.78. The van der Waals surface area contributed by atoms with Gasteiger partial charge in [-0.25, -0.2) is 0 Å². The van der Waals surface area contributed by atoms with Crippen LogP contribution < -0.4 is 4.74 Å². The Labute approximate surface area is 143 Å². The molecule has 1 heterocycles. The Balaban J connectivity index is 1.79. The number of esters is 1. The first-order valence-electron chi connectivity index (χ1n) is 8.18. The molecule has 1 fully saturated rings. The van der Waals surface area contributed by atoms with Gasteiger partial charge in [0.15, 0.2) is 0 Å². The van der Waals surface area contributed by atoms with Crippen molar-refractivity contribution in [2.45, 2.75) is 24.9 Å². The number of ether oxygens (including phenoxy) is 2. The number of likely N-dealkylation sites (tertiary alicyclic amines) is 1. The first-order valence-corrected chi connectivity index (χ1v) is 8.18. The van der Waals surface area contributed by atoms with Crippen molar-refractivity contribution in [3.63, 3.8) is 0 Å². The molecule has 126 valence electrons. The van der Waals surface area contributed by atoms with Gasteiger partial charge < -0.3 is 9.47 Å². The van der Waals surface area contributed by atoms with Crippen molar-refractivity contribution in [1.82, 2.24) is 4.90 Å². The fraction of sp³-hybridized carbons (Fsp3) is 0.350. The second kappa shape index (κ2) is 7.05. The van der Waals surface area contributed by atoms with Crippen LogP contribution in [-0.2, 0) is 22.5 Å². The van der Waals surface area contributed by atoms with Crippen LogP contribution in [0, 0.1) is 0 Å². The van der Waals surface area contributed by atoms with E-state index in [0.29, 0.717) is 6.42 Å².